The van der Waals surface area contributed by atoms with Crippen molar-refractivity contribution >= 4 is 28.3 Å². The van der Waals surface area contributed by atoms with Gasteiger partial charge in [-0.1, -0.05) is 22.8 Å². The molecule has 0 aliphatic rings. The monoisotopic (exact) mass is 398 g/mol. The molecule has 0 fully saturated rings. The zero-order valence-corrected chi connectivity index (χ0v) is 15.2. The Labute approximate surface area is 163 Å². The average molecular weight is 399 g/mol. The van der Waals surface area contributed by atoms with Crippen molar-refractivity contribution in [3.63, 3.8) is 0 Å². The SMILES string of the molecule is Cc1noc2ccc(-c3cc([N+](=O)[O-])ccc3Oc3ccc(F)cc3Cl)cc12. The van der Waals surface area contributed by atoms with E-state index in [0.717, 1.165) is 11.5 Å². The van der Waals surface area contributed by atoms with Crippen LogP contribution in [0.3, 0.4) is 0 Å². The molecule has 0 saturated heterocycles. The van der Waals surface area contributed by atoms with E-state index >= 15 is 0 Å². The van der Waals surface area contributed by atoms with E-state index in [1.807, 2.05) is 6.07 Å². The third kappa shape index (κ3) is 3.27. The summed E-state index contributed by atoms with van der Waals surface area (Å²) in [5.74, 6) is 0.0858. The predicted octanol–water partition coefficient (Wildman–Crippen LogP) is 6.30. The highest BCUT2D eigenvalue weighted by Gasteiger charge is 2.17. The minimum atomic E-state index is -0.491. The molecular formula is C20H12ClFN2O4. The van der Waals surface area contributed by atoms with E-state index in [1.54, 1.807) is 19.1 Å². The first-order chi connectivity index (χ1) is 13.4. The van der Waals surface area contributed by atoms with Gasteiger partial charge in [-0.2, -0.15) is 0 Å². The second-order valence-corrected chi connectivity index (χ2v) is 6.50. The summed E-state index contributed by atoms with van der Waals surface area (Å²) >= 11 is 6.05. The molecule has 0 aliphatic carbocycles. The van der Waals surface area contributed by atoms with Gasteiger partial charge in [-0.3, -0.25) is 10.1 Å². The number of aryl methyl sites for hydroxylation is 1. The minimum absolute atomic E-state index is 0.0882. The summed E-state index contributed by atoms with van der Waals surface area (Å²) in [6, 6.07) is 13.3. The molecule has 0 spiro atoms. The van der Waals surface area contributed by atoms with Gasteiger partial charge in [0.2, 0.25) is 0 Å². The highest BCUT2D eigenvalue weighted by atomic mass is 35.5. The molecule has 0 atom stereocenters. The Morgan fingerprint density at radius 2 is 1.89 bits per heavy atom. The first kappa shape index (κ1) is 17.9. The Hall–Kier alpha value is -3.45. The highest BCUT2D eigenvalue weighted by molar-refractivity contribution is 6.32. The molecule has 1 heterocycles. The lowest BCUT2D eigenvalue weighted by Crippen LogP contribution is -1.93. The lowest BCUT2D eigenvalue weighted by Gasteiger charge is -2.13. The van der Waals surface area contributed by atoms with Crippen molar-refractivity contribution in [3.05, 3.63) is 81.2 Å². The summed E-state index contributed by atoms with van der Waals surface area (Å²) in [6.07, 6.45) is 0. The zero-order valence-electron chi connectivity index (χ0n) is 14.5. The second kappa shape index (κ2) is 6.94. The standard InChI is InChI=1S/C20H12ClFN2O4/c1-11-15-8-12(2-5-19(15)28-23-11)16-10-14(24(25)26)4-7-18(16)27-20-6-3-13(22)9-17(20)21/h2-10H,1H3. The fourth-order valence-corrected chi connectivity index (χ4v) is 3.06. The lowest BCUT2D eigenvalue weighted by molar-refractivity contribution is -0.384. The number of nitro groups is 1. The van der Waals surface area contributed by atoms with Crippen LogP contribution >= 0.6 is 11.6 Å². The van der Waals surface area contributed by atoms with Crippen LogP contribution in [0.1, 0.15) is 5.69 Å². The second-order valence-electron chi connectivity index (χ2n) is 6.09. The van der Waals surface area contributed by atoms with Gasteiger partial charge < -0.3 is 9.26 Å². The molecule has 4 aromatic rings. The number of hydrogen-bond acceptors (Lipinski definition) is 5. The fraction of sp³-hybridized carbons (Fsp3) is 0.0500. The van der Waals surface area contributed by atoms with Crippen molar-refractivity contribution in [2.75, 3.05) is 0 Å². The molecule has 0 unspecified atom stereocenters. The Balaban J connectivity index is 1.86. The fourth-order valence-electron chi connectivity index (χ4n) is 2.85. The Morgan fingerprint density at radius 3 is 2.64 bits per heavy atom. The molecule has 8 heteroatoms. The van der Waals surface area contributed by atoms with Gasteiger partial charge in [0, 0.05) is 23.1 Å². The smallest absolute Gasteiger partial charge is 0.270 e. The number of aromatic nitrogens is 1. The Bertz CT molecular complexity index is 1220. The lowest BCUT2D eigenvalue weighted by atomic mass is 10.0. The van der Waals surface area contributed by atoms with Crippen molar-refractivity contribution in [2.45, 2.75) is 6.92 Å². The van der Waals surface area contributed by atoms with E-state index in [0.29, 0.717) is 28.2 Å². The number of benzene rings is 3. The van der Waals surface area contributed by atoms with E-state index in [2.05, 4.69) is 5.16 Å². The molecule has 1 aromatic heterocycles. The first-order valence-corrected chi connectivity index (χ1v) is 8.58. The third-order valence-corrected chi connectivity index (χ3v) is 4.54. The van der Waals surface area contributed by atoms with Crippen LogP contribution < -0.4 is 4.74 Å². The van der Waals surface area contributed by atoms with Crippen LogP contribution in [0.15, 0.2) is 59.1 Å². The van der Waals surface area contributed by atoms with Crippen LogP contribution in [-0.2, 0) is 0 Å². The number of hydrogen-bond donors (Lipinski definition) is 0. The van der Waals surface area contributed by atoms with Crippen LogP contribution in [-0.4, -0.2) is 10.1 Å². The summed E-state index contributed by atoms with van der Waals surface area (Å²) in [4.78, 5) is 10.8. The predicted molar refractivity (Wildman–Crippen MR) is 102 cm³/mol. The molecule has 0 bridgehead atoms. The summed E-state index contributed by atoms with van der Waals surface area (Å²) in [5.41, 5.74) is 2.38. The number of rotatable bonds is 4. The van der Waals surface area contributed by atoms with Crippen LogP contribution in [0.4, 0.5) is 10.1 Å². The molecule has 6 nitrogen and oxygen atoms in total. The molecule has 0 aliphatic heterocycles. The van der Waals surface area contributed by atoms with Gasteiger partial charge in [0.05, 0.1) is 15.6 Å². The largest absolute Gasteiger partial charge is 0.455 e. The van der Waals surface area contributed by atoms with E-state index in [-0.39, 0.29) is 16.5 Å². The maximum Gasteiger partial charge on any atom is 0.270 e. The minimum Gasteiger partial charge on any atom is -0.455 e. The number of nitro benzene ring substituents is 1. The van der Waals surface area contributed by atoms with Crippen molar-refractivity contribution in [2.24, 2.45) is 0 Å². The summed E-state index contributed by atoms with van der Waals surface area (Å²) in [6.45, 7) is 1.80. The van der Waals surface area contributed by atoms with Crippen LogP contribution in [0, 0.1) is 22.9 Å². The summed E-state index contributed by atoms with van der Waals surface area (Å²) in [7, 11) is 0. The summed E-state index contributed by atoms with van der Waals surface area (Å²) < 4.78 is 24.4. The van der Waals surface area contributed by atoms with Crippen LogP contribution in [0.5, 0.6) is 11.5 Å². The number of non-ortho nitro benzene ring substituents is 1. The van der Waals surface area contributed by atoms with Gasteiger partial charge in [-0.25, -0.2) is 4.39 Å². The average Bonchev–Trinajstić information content (AvgIpc) is 3.04. The van der Waals surface area contributed by atoms with Crippen LogP contribution in [0.25, 0.3) is 22.1 Å². The van der Waals surface area contributed by atoms with E-state index in [9.17, 15) is 14.5 Å². The maximum absolute atomic E-state index is 13.3. The molecule has 140 valence electrons. The molecule has 4 rings (SSSR count). The molecular weight excluding hydrogens is 387 g/mol. The molecule has 3 aromatic carbocycles. The maximum atomic E-state index is 13.3. The highest BCUT2D eigenvalue weighted by Crippen LogP contribution is 2.39. The Morgan fingerprint density at radius 1 is 1.11 bits per heavy atom. The van der Waals surface area contributed by atoms with Crippen molar-refractivity contribution in [1.82, 2.24) is 5.16 Å². The van der Waals surface area contributed by atoms with E-state index < -0.39 is 10.7 Å². The molecule has 28 heavy (non-hydrogen) atoms. The van der Waals surface area contributed by atoms with Gasteiger partial charge in [-0.15, -0.1) is 0 Å². The number of nitrogens with zero attached hydrogens (tertiary/aromatic N) is 2. The van der Waals surface area contributed by atoms with Crippen LogP contribution in [0.2, 0.25) is 5.02 Å². The summed E-state index contributed by atoms with van der Waals surface area (Å²) in [5, 5.41) is 16.0. The quantitative estimate of drug-likeness (QED) is 0.298. The Kier molecular flexibility index (Phi) is 4.44. The first-order valence-electron chi connectivity index (χ1n) is 8.20. The van der Waals surface area contributed by atoms with Crippen molar-refractivity contribution in [1.29, 1.82) is 0 Å². The van der Waals surface area contributed by atoms with E-state index in [1.165, 1.54) is 30.3 Å². The molecule has 0 N–H and O–H groups in total. The topological polar surface area (TPSA) is 78.4 Å². The zero-order chi connectivity index (χ0) is 19.8. The van der Waals surface area contributed by atoms with Gasteiger partial charge in [0.15, 0.2) is 5.58 Å². The molecule has 0 saturated carbocycles. The normalized spacial score (nSPS) is 11.0. The van der Waals surface area contributed by atoms with Crippen molar-refractivity contribution < 1.29 is 18.6 Å². The van der Waals surface area contributed by atoms with Crippen molar-refractivity contribution in [3.8, 4) is 22.6 Å². The number of fused-ring (bicyclic) bond motifs is 1. The molecule has 0 radical (unpaired) electrons. The van der Waals surface area contributed by atoms with Gasteiger partial charge in [0.25, 0.3) is 5.69 Å². The van der Waals surface area contributed by atoms with Gasteiger partial charge >= 0.3 is 0 Å². The number of halogens is 2. The molecule has 0 amide bonds. The van der Waals surface area contributed by atoms with E-state index in [4.69, 9.17) is 20.9 Å². The van der Waals surface area contributed by atoms with Gasteiger partial charge in [-0.05, 0) is 48.9 Å². The third-order valence-electron chi connectivity index (χ3n) is 4.25. The van der Waals surface area contributed by atoms with Gasteiger partial charge in [0.1, 0.15) is 17.3 Å². The number of ether oxygens (including phenoxy) is 1.